The summed E-state index contributed by atoms with van der Waals surface area (Å²) in [5.41, 5.74) is 0. The Morgan fingerprint density at radius 1 is 1.26 bits per heavy atom. The number of hydrogen-bond donors (Lipinski definition) is 1. The van der Waals surface area contributed by atoms with E-state index in [1.54, 1.807) is 7.11 Å². The average Bonchev–Trinajstić information content (AvgIpc) is 2.44. The molecule has 0 aromatic carbocycles. The molecule has 0 aliphatic heterocycles. The third-order valence-corrected chi connectivity index (χ3v) is 5.04. The lowest BCUT2D eigenvalue weighted by molar-refractivity contribution is -0.127. The molecule has 0 spiro atoms. The second-order valence-corrected chi connectivity index (χ2v) is 6.73. The summed E-state index contributed by atoms with van der Waals surface area (Å²) in [6.07, 6.45) is 8.85. The summed E-state index contributed by atoms with van der Waals surface area (Å²) in [5, 5.41) is 2.86. The fraction of sp³-hybridized carbons (Fsp3) is 0.933. The van der Waals surface area contributed by atoms with Gasteiger partial charge in [0.05, 0.1) is 12.0 Å². The first kappa shape index (κ1) is 15.1. The Labute approximate surface area is 121 Å². The molecule has 19 heavy (non-hydrogen) atoms. The minimum absolute atomic E-state index is 0.125. The zero-order valence-corrected chi connectivity index (χ0v) is 12.6. The maximum absolute atomic E-state index is 12.2. The van der Waals surface area contributed by atoms with E-state index >= 15 is 0 Å². The van der Waals surface area contributed by atoms with Crippen molar-refractivity contribution < 1.29 is 9.53 Å². The molecule has 0 bridgehead atoms. The van der Waals surface area contributed by atoms with Gasteiger partial charge in [-0.2, -0.15) is 0 Å². The SMILES string of the molecule is COCC(Cl)CNC(=O)C1CCC2CCCCC2C1. The Morgan fingerprint density at radius 3 is 2.74 bits per heavy atom. The second kappa shape index (κ2) is 7.49. The van der Waals surface area contributed by atoms with Gasteiger partial charge in [-0.3, -0.25) is 4.79 Å². The zero-order chi connectivity index (χ0) is 13.7. The molecule has 0 saturated heterocycles. The summed E-state index contributed by atoms with van der Waals surface area (Å²) < 4.78 is 4.97. The molecule has 2 aliphatic carbocycles. The third-order valence-electron chi connectivity index (χ3n) is 4.76. The first-order valence-corrected chi connectivity index (χ1v) is 8.05. The second-order valence-electron chi connectivity index (χ2n) is 6.11. The van der Waals surface area contributed by atoms with Crippen molar-refractivity contribution >= 4 is 17.5 Å². The quantitative estimate of drug-likeness (QED) is 0.790. The number of halogens is 1. The molecule has 110 valence electrons. The van der Waals surface area contributed by atoms with Crippen LogP contribution in [0.3, 0.4) is 0 Å². The van der Waals surface area contributed by atoms with Gasteiger partial charge in [0.15, 0.2) is 0 Å². The summed E-state index contributed by atoms with van der Waals surface area (Å²) in [6.45, 7) is 0.996. The lowest BCUT2D eigenvalue weighted by Gasteiger charge is -2.38. The first-order chi connectivity index (χ1) is 9.20. The van der Waals surface area contributed by atoms with Crippen molar-refractivity contribution in [2.45, 2.75) is 50.3 Å². The van der Waals surface area contributed by atoms with Gasteiger partial charge >= 0.3 is 0 Å². The highest BCUT2D eigenvalue weighted by Gasteiger charge is 2.34. The van der Waals surface area contributed by atoms with E-state index in [4.69, 9.17) is 16.3 Å². The van der Waals surface area contributed by atoms with E-state index in [0.717, 1.165) is 24.7 Å². The highest BCUT2D eigenvalue weighted by molar-refractivity contribution is 6.21. The number of nitrogens with one attached hydrogen (secondary N) is 1. The van der Waals surface area contributed by atoms with Crippen LogP contribution >= 0.6 is 11.6 Å². The molecule has 3 nitrogen and oxygen atoms in total. The molecule has 2 aliphatic rings. The molecule has 0 heterocycles. The minimum Gasteiger partial charge on any atom is -0.383 e. The molecule has 1 amide bonds. The van der Waals surface area contributed by atoms with Crippen LogP contribution in [-0.2, 0) is 9.53 Å². The van der Waals surface area contributed by atoms with Gasteiger partial charge in [-0.15, -0.1) is 11.6 Å². The smallest absolute Gasteiger partial charge is 0.223 e. The molecule has 0 aromatic rings. The topological polar surface area (TPSA) is 38.3 Å². The Bertz CT molecular complexity index is 298. The van der Waals surface area contributed by atoms with Gasteiger partial charge < -0.3 is 10.1 Å². The monoisotopic (exact) mass is 287 g/mol. The normalized spacial score (nSPS) is 32.4. The Hall–Kier alpha value is -0.280. The first-order valence-electron chi connectivity index (χ1n) is 7.61. The number of rotatable bonds is 5. The number of methoxy groups -OCH3 is 1. The third kappa shape index (κ3) is 4.35. The van der Waals surface area contributed by atoms with Crippen molar-refractivity contribution in [3.05, 3.63) is 0 Å². The maximum atomic E-state index is 12.2. The molecule has 0 aromatic heterocycles. The number of carbonyl (C=O) groups excluding carboxylic acids is 1. The van der Waals surface area contributed by atoms with Crippen LogP contribution in [0, 0.1) is 17.8 Å². The number of alkyl halides is 1. The van der Waals surface area contributed by atoms with Gasteiger partial charge in [0.1, 0.15) is 0 Å². The molecule has 2 rings (SSSR count). The summed E-state index contributed by atoms with van der Waals surface area (Å²) >= 11 is 6.03. The number of carbonyl (C=O) groups is 1. The van der Waals surface area contributed by atoms with Gasteiger partial charge in [-0.25, -0.2) is 0 Å². The van der Waals surface area contributed by atoms with Crippen molar-refractivity contribution in [2.24, 2.45) is 17.8 Å². The van der Waals surface area contributed by atoms with E-state index in [-0.39, 0.29) is 17.2 Å². The molecule has 1 N–H and O–H groups in total. The van der Waals surface area contributed by atoms with Crippen molar-refractivity contribution in [1.29, 1.82) is 0 Å². The van der Waals surface area contributed by atoms with E-state index in [2.05, 4.69) is 5.32 Å². The standard InChI is InChI=1S/C15H26ClNO2/c1-19-10-14(16)9-17-15(18)13-7-6-11-4-2-3-5-12(11)8-13/h11-14H,2-10H2,1H3,(H,17,18). The molecule has 2 saturated carbocycles. The van der Waals surface area contributed by atoms with Crippen LogP contribution < -0.4 is 5.32 Å². The highest BCUT2D eigenvalue weighted by atomic mass is 35.5. The maximum Gasteiger partial charge on any atom is 0.223 e. The number of hydrogen-bond acceptors (Lipinski definition) is 2. The van der Waals surface area contributed by atoms with Crippen molar-refractivity contribution in [1.82, 2.24) is 5.32 Å². The number of amides is 1. The van der Waals surface area contributed by atoms with Gasteiger partial charge in [-0.1, -0.05) is 25.7 Å². The van der Waals surface area contributed by atoms with Crippen LogP contribution in [0.2, 0.25) is 0 Å². The van der Waals surface area contributed by atoms with Crippen LogP contribution in [0.25, 0.3) is 0 Å². The predicted octanol–water partition coefficient (Wildman–Crippen LogP) is 2.96. The Balaban J connectivity index is 1.74. The van der Waals surface area contributed by atoms with E-state index in [9.17, 15) is 4.79 Å². The summed E-state index contributed by atoms with van der Waals surface area (Å²) in [5.74, 6) is 2.10. The van der Waals surface area contributed by atoms with E-state index in [1.807, 2.05) is 0 Å². The van der Waals surface area contributed by atoms with Crippen LogP contribution in [0.5, 0.6) is 0 Å². The Morgan fingerprint density at radius 2 is 2.00 bits per heavy atom. The molecule has 4 atom stereocenters. The Kier molecular flexibility index (Phi) is 5.96. The van der Waals surface area contributed by atoms with E-state index in [1.165, 1.54) is 32.1 Å². The van der Waals surface area contributed by atoms with Crippen LogP contribution in [-0.4, -0.2) is 31.5 Å². The summed E-state index contributed by atoms with van der Waals surface area (Å²) in [7, 11) is 1.63. The van der Waals surface area contributed by atoms with Gasteiger partial charge in [0.2, 0.25) is 5.91 Å². The molecule has 0 radical (unpaired) electrons. The van der Waals surface area contributed by atoms with Crippen LogP contribution in [0.4, 0.5) is 0 Å². The van der Waals surface area contributed by atoms with E-state index in [0.29, 0.717) is 13.2 Å². The van der Waals surface area contributed by atoms with Gasteiger partial charge in [0, 0.05) is 19.6 Å². The van der Waals surface area contributed by atoms with Crippen molar-refractivity contribution in [2.75, 3.05) is 20.3 Å². The molecule has 4 unspecified atom stereocenters. The summed E-state index contributed by atoms with van der Waals surface area (Å²) in [6, 6.07) is 0. The van der Waals surface area contributed by atoms with Gasteiger partial charge in [-0.05, 0) is 31.1 Å². The van der Waals surface area contributed by atoms with Crippen molar-refractivity contribution in [3.8, 4) is 0 Å². The lowest BCUT2D eigenvalue weighted by Crippen LogP contribution is -2.40. The largest absolute Gasteiger partial charge is 0.383 e. The minimum atomic E-state index is -0.125. The van der Waals surface area contributed by atoms with Gasteiger partial charge in [0.25, 0.3) is 0 Å². The molecule has 2 fully saturated rings. The molecule has 4 heteroatoms. The van der Waals surface area contributed by atoms with Crippen LogP contribution in [0.15, 0.2) is 0 Å². The molecular weight excluding hydrogens is 262 g/mol. The number of fused-ring (bicyclic) bond motifs is 1. The number of ether oxygens (including phenoxy) is 1. The highest BCUT2D eigenvalue weighted by Crippen LogP contribution is 2.42. The molecular formula is C15H26ClNO2. The lowest BCUT2D eigenvalue weighted by atomic mass is 9.67. The average molecular weight is 288 g/mol. The fourth-order valence-electron chi connectivity index (χ4n) is 3.71. The zero-order valence-electron chi connectivity index (χ0n) is 11.9. The van der Waals surface area contributed by atoms with Crippen LogP contribution in [0.1, 0.15) is 44.9 Å². The predicted molar refractivity (Wildman–Crippen MR) is 77.3 cm³/mol. The fourth-order valence-corrected chi connectivity index (χ4v) is 3.91. The van der Waals surface area contributed by atoms with Crippen molar-refractivity contribution in [3.63, 3.8) is 0 Å². The van der Waals surface area contributed by atoms with E-state index < -0.39 is 0 Å². The summed E-state index contributed by atoms with van der Waals surface area (Å²) in [4.78, 5) is 12.2.